The lowest BCUT2D eigenvalue weighted by Crippen LogP contribution is -2.32. The molecule has 96 valence electrons. The lowest BCUT2D eigenvalue weighted by Gasteiger charge is -2.07. The molecule has 2 N–H and O–H groups in total. The maximum absolute atomic E-state index is 10.9. The van der Waals surface area contributed by atoms with Crippen molar-refractivity contribution < 1.29 is 18.9 Å². The van der Waals surface area contributed by atoms with Crippen LogP contribution in [-0.2, 0) is 19.3 Å². The lowest BCUT2D eigenvalue weighted by atomic mass is 10.2. The lowest BCUT2D eigenvalue weighted by molar-refractivity contribution is -0.140. The van der Waals surface area contributed by atoms with Crippen LogP contribution >= 0.6 is 0 Å². The summed E-state index contributed by atoms with van der Waals surface area (Å²) in [7, 11) is -2.37. The summed E-state index contributed by atoms with van der Waals surface area (Å²) >= 11 is 0. The fraction of sp³-hybridized carbons (Fsp3) is 0.700. The van der Waals surface area contributed by atoms with Crippen molar-refractivity contribution in [3.05, 3.63) is 0 Å². The first-order valence-corrected chi connectivity index (χ1v) is 6.97. The molecule has 0 aromatic rings. The summed E-state index contributed by atoms with van der Waals surface area (Å²) in [5.41, 5.74) is 0. The fourth-order valence-electron chi connectivity index (χ4n) is 0.331. The first kappa shape index (κ1) is 17.4. The molecule has 0 rings (SSSR count). The predicted molar refractivity (Wildman–Crippen MR) is 66.6 cm³/mol. The van der Waals surface area contributed by atoms with Crippen LogP contribution in [0, 0.1) is 11.8 Å². The molecule has 0 aromatic carbocycles. The van der Waals surface area contributed by atoms with E-state index in [0.717, 1.165) is 0 Å². The summed E-state index contributed by atoms with van der Waals surface area (Å²) in [6, 6.07) is 0. The molecule has 0 aromatic heterocycles. The maximum atomic E-state index is 10.9. The molecule has 0 spiro atoms. The summed E-state index contributed by atoms with van der Waals surface area (Å²) in [4.78, 5) is 20.5. The standard InChI is InChI=1S/C6H13NO2S.C4H8O2/c1-5(2)6(8)7-10(3,4)9;1-3(2)4(5)6/h5H,3H2,1-2,4H3,(H,7,8,9);3H,1-2H3,(H,5,6). The van der Waals surface area contributed by atoms with E-state index in [-0.39, 0.29) is 17.7 Å². The van der Waals surface area contributed by atoms with Crippen molar-refractivity contribution in [2.75, 3.05) is 6.26 Å². The number of rotatable bonds is 3. The minimum Gasteiger partial charge on any atom is -0.481 e. The number of carboxylic acid groups (broad SMARTS) is 1. The SMILES string of the molecule is C=S(C)(=O)NC(=O)C(C)C.CC(C)C(=O)O. The fourth-order valence-corrected chi connectivity index (χ4v) is 0.992. The van der Waals surface area contributed by atoms with Crippen molar-refractivity contribution in [1.29, 1.82) is 0 Å². The highest BCUT2D eigenvalue weighted by Crippen LogP contribution is 1.91. The molecule has 0 radical (unpaired) electrons. The molecule has 0 heterocycles. The van der Waals surface area contributed by atoms with Gasteiger partial charge in [-0.05, 0) is 5.87 Å². The van der Waals surface area contributed by atoms with Crippen molar-refractivity contribution in [2.24, 2.45) is 11.8 Å². The van der Waals surface area contributed by atoms with Crippen molar-refractivity contribution >= 4 is 27.5 Å². The minimum absolute atomic E-state index is 0.137. The Morgan fingerprint density at radius 2 is 1.50 bits per heavy atom. The normalized spacial score (nSPS) is 13.7. The van der Waals surface area contributed by atoms with E-state index in [0.29, 0.717) is 0 Å². The Hall–Kier alpha value is -1.04. The third-order valence-electron chi connectivity index (χ3n) is 1.33. The summed E-state index contributed by atoms with van der Waals surface area (Å²) in [6.07, 6.45) is 1.40. The van der Waals surface area contributed by atoms with Crippen LogP contribution in [0.4, 0.5) is 0 Å². The molecule has 0 aliphatic rings. The number of carbonyl (C=O) groups is 2. The molecule has 5 nitrogen and oxygen atoms in total. The van der Waals surface area contributed by atoms with Crippen LogP contribution in [0.1, 0.15) is 27.7 Å². The van der Waals surface area contributed by atoms with Crippen LogP contribution in [0.2, 0.25) is 0 Å². The van der Waals surface area contributed by atoms with Crippen LogP contribution in [0.25, 0.3) is 0 Å². The number of hydrogen-bond donors (Lipinski definition) is 2. The van der Waals surface area contributed by atoms with Crippen LogP contribution in [0.15, 0.2) is 0 Å². The molecular formula is C10H21NO4S. The van der Waals surface area contributed by atoms with Crippen LogP contribution in [-0.4, -0.2) is 33.3 Å². The number of carboxylic acids is 1. The minimum atomic E-state index is -2.37. The number of amides is 1. The summed E-state index contributed by atoms with van der Waals surface area (Å²) in [5.74, 6) is 1.96. The molecule has 0 saturated heterocycles. The van der Waals surface area contributed by atoms with Gasteiger partial charge >= 0.3 is 5.97 Å². The topological polar surface area (TPSA) is 83.5 Å². The van der Waals surface area contributed by atoms with Gasteiger partial charge in [-0.3, -0.25) is 14.3 Å². The molecule has 0 saturated carbocycles. The average Bonchev–Trinajstić information content (AvgIpc) is 2.01. The summed E-state index contributed by atoms with van der Waals surface area (Å²) < 4.78 is 13.2. The van der Waals surface area contributed by atoms with E-state index >= 15 is 0 Å². The Bertz CT molecular complexity index is 331. The maximum Gasteiger partial charge on any atom is 0.305 e. The van der Waals surface area contributed by atoms with Crippen molar-refractivity contribution in [2.45, 2.75) is 27.7 Å². The highest BCUT2D eigenvalue weighted by atomic mass is 32.2. The van der Waals surface area contributed by atoms with Gasteiger partial charge in [0.2, 0.25) is 5.91 Å². The predicted octanol–water partition coefficient (Wildman–Crippen LogP) is 0.747. The van der Waals surface area contributed by atoms with Crippen molar-refractivity contribution in [3.63, 3.8) is 0 Å². The zero-order chi connectivity index (χ0) is 13.5. The zero-order valence-electron chi connectivity index (χ0n) is 10.4. The third-order valence-corrected chi connectivity index (χ3v) is 1.97. The van der Waals surface area contributed by atoms with Crippen LogP contribution < -0.4 is 4.72 Å². The Morgan fingerprint density at radius 1 is 1.19 bits per heavy atom. The van der Waals surface area contributed by atoms with Crippen LogP contribution in [0.3, 0.4) is 0 Å². The Balaban J connectivity index is 0. The molecule has 1 amide bonds. The summed E-state index contributed by atoms with van der Waals surface area (Å²) in [5, 5.41) is 7.99. The molecule has 16 heavy (non-hydrogen) atoms. The van der Waals surface area contributed by atoms with E-state index in [2.05, 4.69) is 10.6 Å². The highest BCUT2D eigenvalue weighted by molar-refractivity contribution is 7.98. The van der Waals surface area contributed by atoms with Gasteiger partial charge in [0.1, 0.15) is 0 Å². The quantitative estimate of drug-likeness (QED) is 0.725. The van der Waals surface area contributed by atoms with Gasteiger partial charge < -0.3 is 5.11 Å². The Morgan fingerprint density at radius 3 is 1.56 bits per heavy atom. The second-order valence-corrected chi connectivity index (χ2v) is 6.33. The second kappa shape index (κ2) is 7.27. The van der Waals surface area contributed by atoms with E-state index in [9.17, 15) is 13.8 Å². The summed E-state index contributed by atoms with van der Waals surface area (Å²) in [6.45, 7) is 6.76. The van der Waals surface area contributed by atoms with Gasteiger partial charge in [-0.1, -0.05) is 27.7 Å². The third kappa shape index (κ3) is 13.0. The second-order valence-electron chi connectivity index (χ2n) is 4.12. The Kier molecular flexibility index (Phi) is 7.89. The van der Waals surface area contributed by atoms with Gasteiger partial charge in [0.15, 0.2) is 0 Å². The van der Waals surface area contributed by atoms with Gasteiger partial charge in [-0.25, -0.2) is 4.21 Å². The first-order valence-electron chi connectivity index (χ1n) is 4.84. The molecular weight excluding hydrogens is 230 g/mol. The number of aliphatic carboxylic acids is 1. The highest BCUT2D eigenvalue weighted by Gasteiger charge is 2.07. The van der Waals surface area contributed by atoms with Gasteiger partial charge in [0.05, 0.1) is 5.92 Å². The molecule has 0 bridgehead atoms. The largest absolute Gasteiger partial charge is 0.481 e. The molecule has 0 fully saturated rings. The van der Waals surface area contributed by atoms with E-state index < -0.39 is 15.7 Å². The zero-order valence-corrected chi connectivity index (χ0v) is 11.3. The molecule has 1 atom stereocenters. The molecule has 0 aliphatic carbocycles. The smallest absolute Gasteiger partial charge is 0.305 e. The van der Waals surface area contributed by atoms with Gasteiger partial charge in [0.25, 0.3) is 0 Å². The van der Waals surface area contributed by atoms with Crippen LogP contribution in [0.5, 0.6) is 0 Å². The van der Waals surface area contributed by atoms with Gasteiger partial charge in [0, 0.05) is 21.9 Å². The Labute approximate surface area is 97.4 Å². The van der Waals surface area contributed by atoms with E-state index in [4.69, 9.17) is 5.11 Å². The first-order chi connectivity index (χ1) is 6.97. The average molecular weight is 251 g/mol. The molecule has 6 heteroatoms. The monoisotopic (exact) mass is 251 g/mol. The molecule has 0 aliphatic heterocycles. The molecule has 1 unspecified atom stereocenters. The number of hydrogen-bond acceptors (Lipinski definition) is 3. The number of nitrogens with one attached hydrogen (secondary N) is 1. The van der Waals surface area contributed by atoms with E-state index in [1.54, 1.807) is 27.7 Å². The van der Waals surface area contributed by atoms with Crippen molar-refractivity contribution in [1.82, 2.24) is 4.72 Å². The van der Waals surface area contributed by atoms with Gasteiger partial charge in [-0.15, -0.1) is 0 Å². The van der Waals surface area contributed by atoms with Gasteiger partial charge in [-0.2, -0.15) is 0 Å². The number of carbonyl (C=O) groups excluding carboxylic acids is 1. The van der Waals surface area contributed by atoms with E-state index in [1.165, 1.54) is 6.26 Å². The van der Waals surface area contributed by atoms with Crippen molar-refractivity contribution in [3.8, 4) is 0 Å². The van der Waals surface area contributed by atoms with E-state index in [1.807, 2.05) is 0 Å².